The summed E-state index contributed by atoms with van der Waals surface area (Å²) in [6.07, 6.45) is 26.8. The molecule has 0 aliphatic heterocycles. The van der Waals surface area contributed by atoms with E-state index in [0.717, 1.165) is 11.8 Å². The fourth-order valence-electron chi connectivity index (χ4n) is 11.6. The number of benzene rings is 6. The number of alkyl halides is 3. The molecule has 7 heteroatoms. The normalized spacial score (nSPS) is 24.0. The first kappa shape index (κ1) is 47.8. The Bertz CT molecular complexity index is 2880. The van der Waals surface area contributed by atoms with Crippen molar-refractivity contribution in [3.8, 4) is 22.3 Å². The summed E-state index contributed by atoms with van der Waals surface area (Å²) in [7, 11) is 0. The topological polar surface area (TPSA) is 0 Å². The van der Waals surface area contributed by atoms with E-state index in [9.17, 15) is 13.2 Å². The second kappa shape index (κ2) is 19.9. The molecule has 0 N–H and O–H groups in total. The first-order valence-corrected chi connectivity index (χ1v) is 28.9. The zero-order valence-electron chi connectivity index (χ0n) is 36.9. The van der Waals surface area contributed by atoms with Gasteiger partial charge in [0, 0.05) is 0 Å². The Hall–Kier alpha value is -3.73. The van der Waals surface area contributed by atoms with E-state index in [1.165, 1.54) is 163 Å². The maximum absolute atomic E-state index is 11.4. The van der Waals surface area contributed by atoms with Crippen LogP contribution in [-0.4, -0.2) is 11.6 Å². The van der Waals surface area contributed by atoms with Crippen molar-refractivity contribution >= 4 is 51.3 Å². The van der Waals surface area contributed by atoms with E-state index in [2.05, 4.69) is 158 Å². The Kier molecular flexibility index (Phi) is 14.6. The Morgan fingerprint density at radius 3 is 1.35 bits per heavy atom. The third kappa shape index (κ3) is 10.7. The number of rotatable bonds is 6. The van der Waals surface area contributed by atoms with Gasteiger partial charge in [-0.2, -0.15) is 0 Å². The van der Waals surface area contributed by atoms with Gasteiger partial charge in [0.2, 0.25) is 0 Å². The van der Waals surface area contributed by atoms with Crippen LogP contribution in [0.2, 0.25) is 12.6 Å². The van der Waals surface area contributed by atoms with Gasteiger partial charge in [0.15, 0.2) is 0 Å². The van der Waals surface area contributed by atoms with Crippen LogP contribution in [-0.2, 0) is 23.3 Å². The van der Waals surface area contributed by atoms with Gasteiger partial charge in [-0.1, -0.05) is 160 Å². The van der Waals surface area contributed by atoms with Crippen molar-refractivity contribution in [2.24, 2.45) is 22.7 Å². The molecule has 12 rings (SSSR count). The smallest absolute Gasteiger partial charge is 0.0178 e. The first-order chi connectivity index (χ1) is 30.5. The molecule has 0 amide bonds. The third-order valence-electron chi connectivity index (χ3n) is 14.8. The Labute approximate surface area is 409 Å². The summed E-state index contributed by atoms with van der Waals surface area (Å²) in [6, 6.07) is 44.5. The summed E-state index contributed by atoms with van der Waals surface area (Å²) in [6.45, 7) is 1.93. The molecule has 0 radical (unpaired) electrons. The van der Waals surface area contributed by atoms with Crippen LogP contribution in [0.5, 0.6) is 0 Å². The van der Waals surface area contributed by atoms with Crippen molar-refractivity contribution in [2.45, 2.75) is 89.4 Å². The minimum Gasteiger partial charge on any atom is -1.00 e. The molecule has 0 unspecified atom stereocenters. The molecule has 6 aromatic rings. The van der Waals surface area contributed by atoms with E-state index < -0.39 is 18.0 Å². The SMILES string of the molecule is C[Si](=[Zr+2])CCC(F)(F)F.[C-]1=c2cccc(-c3ccc4ccccc4c3)c2=CC1=CC12CCC(CC1)C2.[C-]1=c2cccc(-c3ccc4ccccc4c3)c2=CC1=CC12CCC(CC1)C2.[Cl-].[Cl-]. The molecule has 0 heterocycles. The van der Waals surface area contributed by atoms with Crippen LogP contribution < -0.4 is 45.7 Å². The third-order valence-corrected chi connectivity index (χ3v) is 17.6. The predicted molar refractivity (Wildman–Crippen MR) is 254 cm³/mol. The minimum atomic E-state index is -3.93. The average molecular weight is 997 g/mol. The van der Waals surface area contributed by atoms with Gasteiger partial charge < -0.3 is 24.8 Å². The number of hydrogen-bond donors (Lipinski definition) is 0. The van der Waals surface area contributed by atoms with Crippen LogP contribution >= 0.6 is 0 Å². The van der Waals surface area contributed by atoms with Gasteiger partial charge in [0.25, 0.3) is 0 Å². The molecule has 330 valence electrons. The maximum atomic E-state index is 11.4. The zero-order valence-corrected chi connectivity index (χ0v) is 41.9. The molecule has 6 aromatic carbocycles. The first-order valence-electron chi connectivity index (χ1n) is 23.0. The largest absolute Gasteiger partial charge is 1.00 e. The molecule has 0 atom stereocenters. The standard InChI is InChI=1S/2C27H23.C4H7F3Si.2ClH.Zr/c2*1-2-5-22-16-24(9-8-21(22)4-1)25-7-3-6-23-14-20(15-26(23)25)18-27-12-10-19(17-27)11-13-27;1-8-3-2-4(5,6)7;;;/h2*1-9,15-16,18-19H,10-13,17H2;2-3H2,1H3;2*1H;/q2*-1;;;;+2/p-2. The molecule has 6 aliphatic carbocycles. The summed E-state index contributed by atoms with van der Waals surface area (Å²) < 4.78 is 34.3. The van der Waals surface area contributed by atoms with Crippen molar-refractivity contribution in [3.63, 3.8) is 0 Å². The molecule has 4 bridgehead atoms. The molecule has 65 heavy (non-hydrogen) atoms. The molecule has 6 aliphatic rings. The molecule has 0 spiro atoms. The summed E-state index contributed by atoms with van der Waals surface area (Å²) >= 11 is 1.29. The second-order valence-electron chi connectivity index (χ2n) is 19.3. The van der Waals surface area contributed by atoms with Gasteiger partial charge in [-0.05, 0) is 80.3 Å². The van der Waals surface area contributed by atoms with Crippen LogP contribution in [0.1, 0.15) is 70.6 Å². The van der Waals surface area contributed by atoms with E-state index in [0.29, 0.717) is 16.9 Å². The molecular weight excluding hydrogens is 944 g/mol. The quantitative estimate of drug-likeness (QED) is 0.124. The van der Waals surface area contributed by atoms with Gasteiger partial charge in [0.1, 0.15) is 0 Å². The molecule has 0 aromatic heterocycles. The number of allylic oxidation sites excluding steroid dienone is 4. The van der Waals surface area contributed by atoms with Crippen LogP contribution in [0.3, 0.4) is 0 Å². The predicted octanol–water partition coefficient (Wildman–Crippen LogP) is 7.05. The Balaban J connectivity index is 0.000000146. The second-order valence-corrected chi connectivity index (χ2v) is 27.7. The van der Waals surface area contributed by atoms with Gasteiger partial charge in [0.05, 0.1) is 0 Å². The molecule has 0 nitrogen and oxygen atoms in total. The number of fused-ring (bicyclic) bond motifs is 8. The van der Waals surface area contributed by atoms with Gasteiger partial charge in [-0.3, -0.25) is 0 Å². The van der Waals surface area contributed by atoms with Gasteiger partial charge >= 0.3 is 67.1 Å². The summed E-state index contributed by atoms with van der Waals surface area (Å²) in [5.41, 5.74) is 8.18. The molecule has 4 saturated carbocycles. The monoisotopic (exact) mass is 994 g/mol. The van der Waals surface area contributed by atoms with Crippen LogP contribution in [0.15, 0.2) is 145 Å². The number of halogens is 5. The zero-order chi connectivity index (χ0) is 43.2. The summed E-state index contributed by atoms with van der Waals surface area (Å²) in [5, 5.41) is 10.4. The van der Waals surface area contributed by atoms with E-state index in [-0.39, 0.29) is 24.8 Å². The van der Waals surface area contributed by atoms with E-state index in [1.807, 2.05) is 6.55 Å². The van der Waals surface area contributed by atoms with Crippen molar-refractivity contribution in [1.82, 2.24) is 0 Å². The summed E-state index contributed by atoms with van der Waals surface area (Å²) in [4.78, 5) is 0. The fourth-order valence-corrected chi connectivity index (χ4v) is 13.2. The summed E-state index contributed by atoms with van der Waals surface area (Å²) in [5.74, 6) is 1.97. The Morgan fingerprint density at radius 2 is 1.00 bits per heavy atom. The van der Waals surface area contributed by atoms with Crippen molar-refractivity contribution in [1.29, 1.82) is 0 Å². The van der Waals surface area contributed by atoms with Crippen LogP contribution in [0.4, 0.5) is 13.2 Å². The van der Waals surface area contributed by atoms with Crippen LogP contribution in [0.25, 0.3) is 68.1 Å². The van der Waals surface area contributed by atoms with Crippen molar-refractivity contribution < 1.29 is 61.3 Å². The minimum absolute atomic E-state index is 0. The molecule has 0 saturated heterocycles. The van der Waals surface area contributed by atoms with E-state index in [1.54, 1.807) is 0 Å². The van der Waals surface area contributed by atoms with Crippen molar-refractivity contribution in [3.05, 3.63) is 166 Å². The van der Waals surface area contributed by atoms with Crippen LogP contribution in [0, 0.1) is 22.7 Å². The maximum Gasteiger partial charge on any atom is -0.0178 e. The van der Waals surface area contributed by atoms with Gasteiger partial charge in [-0.25, -0.2) is 0 Å². The van der Waals surface area contributed by atoms with E-state index in [4.69, 9.17) is 0 Å². The fraction of sp³-hybridized carbons (Fsp3) is 0.310. The average Bonchev–Trinajstić information content (AvgIpc) is 4.17. The van der Waals surface area contributed by atoms with Gasteiger partial charge in [-0.15, -0.1) is 80.6 Å². The number of hydrogen-bond acceptors (Lipinski definition) is 0. The molecular formula is C58H53Cl2F3SiZr-2. The van der Waals surface area contributed by atoms with E-state index >= 15 is 0 Å². The Morgan fingerprint density at radius 1 is 0.585 bits per heavy atom. The molecule has 4 fully saturated rings. The van der Waals surface area contributed by atoms with Crippen molar-refractivity contribution in [2.75, 3.05) is 0 Å².